The molecule has 0 spiro atoms. The molecule has 0 aliphatic carbocycles. The van der Waals surface area contributed by atoms with Gasteiger partial charge in [0.1, 0.15) is 12.2 Å². The van der Waals surface area contributed by atoms with Gasteiger partial charge in [-0.05, 0) is 0 Å². The second-order valence-corrected chi connectivity index (χ2v) is 4.15. The first kappa shape index (κ1) is 13.5. The van der Waals surface area contributed by atoms with Gasteiger partial charge in [0, 0.05) is 12.3 Å². The number of rotatable bonds is 2. The Morgan fingerprint density at radius 2 is 2.21 bits per heavy atom. The van der Waals surface area contributed by atoms with Crippen molar-refractivity contribution in [1.82, 2.24) is 9.55 Å². The lowest BCUT2D eigenvalue weighted by Gasteiger charge is -2.23. The predicted molar refractivity (Wildman–Crippen MR) is 62.1 cm³/mol. The number of aromatic amines is 1. The van der Waals surface area contributed by atoms with E-state index in [0.29, 0.717) is 0 Å². The van der Waals surface area contributed by atoms with Crippen LogP contribution in [-0.2, 0) is 4.74 Å². The molecular formula is C11H12N2O6. The molecule has 0 bridgehead atoms. The molecule has 2 rings (SSSR count). The average Bonchev–Trinajstić information content (AvgIpc) is 2.64. The van der Waals surface area contributed by atoms with Gasteiger partial charge < -0.3 is 20.1 Å². The number of aliphatic hydroxyl groups is 3. The molecule has 4 N–H and O–H groups in total. The van der Waals surface area contributed by atoms with Crippen LogP contribution < -0.4 is 11.2 Å². The SMILES string of the molecule is C#CC1(CO)OC(n2ccc(=O)[nH]c2=O)[C@H](O)[C@@H]1O. The van der Waals surface area contributed by atoms with E-state index in [1.807, 2.05) is 4.98 Å². The van der Waals surface area contributed by atoms with Crippen LogP contribution in [-0.4, -0.2) is 49.3 Å². The lowest BCUT2D eigenvalue weighted by Crippen LogP contribution is -2.45. The van der Waals surface area contributed by atoms with Crippen LogP contribution in [0.1, 0.15) is 6.23 Å². The predicted octanol–water partition coefficient (Wildman–Crippen LogP) is -2.85. The van der Waals surface area contributed by atoms with Gasteiger partial charge in [0.25, 0.3) is 5.56 Å². The summed E-state index contributed by atoms with van der Waals surface area (Å²) < 4.78 is 6.11. The van der Waals surface area contributed by atoms with Gasteiger partial charge in [-0.3, -0.25) is 14.3 Å². The minimum absolute atomic E-state index is 0.611. The Labute approximate surface area is 106 Å². The van der Waals surface area contributed by atoms with Crippen molar-refractivity contribution in [3.63, 3.8) is 0 Å². The van der Waals surface area contributed by atoms with Gasteiger partial charge in [-0.15, -0.1) is 6.42 Å². The molecule has 8 nitrogen and oxygen atoms in total. The zero-order valence-electron chi connectivity index (χ0n) is 9.68. The van der Waals surface area contributed by atoms with E-state index in [0.717, 1.165) is 16.8 Å². The molecule has 4 atom stereocenters. The molecule has 0 amide bonds. The Kier molecular flexibility index (Phi) is 3.30. The summed E-state index contributed by atoms with van der Waals surface area (Å²) in [6, 6.07) is 1.05. The third-order valence-corrected chi connectivity index (χ3v) is 3.03. The molecule has 0 radical (unpaired) electrons. The second-order valence-electron chi connectivity index (χ2n) is 4.15. The molecule has 1 aliphatic heterocycles. The van der Waals surface area contributed by atoms with E-state index >= 15 is 0 Å². The molecule has 1 aromatic heterocycles. The van der Waals surface area contributed by atoms with Crippen molar-refractivity contribution >= 4 is 0 Å². The van der Waals surface area contributed by atoms with Gasteiger partial charge in [-0.2, -0.15) is 0 Å². The Morgan fingerprint density at radius 3 is 2.68 bits per heavy atom. The topological polar surface area (TPSA) is 125 Å². The first-order valence-electron chi connectivity index (χ1n) is 5.39. The monoisotopic (exact) mass is 268 g/mol. The zero-order chi connectivity index (χ0) is 14.2. The first-order valence-corrected chi connectivity index (χ1v) is 5.39. The Bertz CT molecular complexity index is 629. The van der Waals surface area contributed by atoms with Crippen molar-refractivity contribution in [2.24, 2.45) is 0 Å². The number of hydrogen-bond donors (Lipinski definition) is 4. The van der Waals surface area contributed by atoms with Crippen molar-refractivity contribution in [3.05, 3.63) is 33.1 Å². The molecule has 1 aliphatic rings. The largest absolute Gasteiger partial charge is 0.392 e. The van der Waals surface area contributed by atoms with Crippen LogP contribution in [0.4, 0.5) is 0 Å². The number of ether oxygens (including phenoxy) is 1. The van der Waals surface area contributed by atoms with Crippen LogP contribution >= 0.6 is 0 Å². The maximum atomic E-state index is 11.6. The highest BCUT2D eigenvalue weighted by atomic mass is 16.6. The number of nitrogens with zero attached hydrogens (tertiary/aromatic N) is 1. The molecule has 1 saturated heterocycles. The van der Waals surface area contributed by atoms with Crippen molar-refractivity contribution < 1.29 is 20.1 Å². The van der Waals surface area contributed by atoms with Crippen LogP contribution in [0, 0.1) is 12.3 Å². The quantitative estimate of drug-likeness (QED) is 0.428. The molecular weight excluding hydrogens is 256 g/mol. The van der Waals surface area contributed by atoms with E-state index in [-0.39, 0.29) is 0 Å². The molecule has 0 saturated carbocycles. The fraction of sp³-hybridized carbons (Fsp3) is 0.455. The average molecular weight is 268 g/mol. The zero-order valence-corrected chi connectivity index (χ0v) is 9.68. The Morgan fingerprint density at radius 1 is 1.53 bits per heavy atom. The summed E-state index contributed by atoms with van der Waals surface area (Å²) >= 11 is 0. The number of hydrogen-bond acceptors (Lipinski definition) is 6. The molecule has 1 fully saturated rings. The van der Waals surface area contributed by atoms with E-state index in [1.54, 1.807) is 0 Å². The fourth-order valence-corrected chi connectivity index (χ4v) is 1.93. The van der Waals surface area contributed by atoms with E-state index in [1.165, 1.54) is 0 Å². The maximum Gasteiger partial charge on any atom is 0.330 e. The molecule has 1 aromatic rings. The number of aliphatic hydroxyl groups excluding tert-OH is 3. The summed E-state index contributed by atoms with van der Waals surface area (Å²) in [7, 11) is 0. The Hall–Kier alpha value is -1.92. The highest BCUT2D eigenvalue weighted by Gasteiger charge is 2.54. The minimum atomic E-state index is -1.79. The normalized spacial score (nSPS) is 34.1. The summed E-state index contributed by atoms with van der Waals surface area (Å²) in [5, 5.41) is 28.9. The van der Waals surface area contributed by atoms with Crippen molar-refractivity contribution in [2.75, 3.05) is 6.61 Å². The number of H-pyrrole nitrogens is 1. The molecule has 0 aromatic carbocycles. The van der Waals surface area contributed by atoms with Crippen LogP contribution in [0.5, 0.6) is 0 Å². The van der Waals surface area contributed by atoms with Gasteiger partial charge >= 0.3 is 5.69 Å². The summed E-state index contributed by atoms with van der Waals surface area (Å²) in [6.07, 6.45) is 1.90. The molecule has 2 heterocycles. The van der Waals surface area contributed by atoms with Crippen molar-refractivity contribution in [3.8, 4) is 12.3 Å². The summed E-state index contributed by atoms with van der Waals surface area (Å²) in [5.74, 6) is 2.07. The lowest BCUT2D eigenvalue weighted by atomic mass is 9.97. The third kappa shape index (κ3) is 1.98. The Balaban J connectivity index is 2.46. The van der Waals surface area contributed by atoms with Crippen LogP contribution in [0.3, 0.4) is 0 Å². The molecule has 2 unspecified atom stereocenters. The van der Waals surface area contributed by atoms with E-state index in [4.69, 9.17) is 11.2 Å². The smallest absolute Gasteiger partial charge is 0.330 e. The molecule has 8 heteroatoms. The van der Waals surface area contributed by atoms with Crippen molar-refractivity contribution in [2.45, 2.75) is 24.0 Å². The third-order valence-electron chi connectivity index (χ3n) is 3.03. The number of aromatic nitrogens is 2. The van der Waals surface area contributed by atoms with Gasteiger partial charge in [0.05, 0.1) is 6.61 Å². The summed E-state index contributed by atoms with van der Waals surface area (Å²) in [5.41, 5.74) is -3.23. The van der Waals surface area contributed by atoms with E-state index < -0.39 is 41.9 Å². The van der Waals surface area contributed by atoms with Crippen molar-refractivity contribution in [1.29, 1.82) is 0 Å². The summed E-state index contributed by atoms with van der Waals surface area (Å²) in [4.78, 5) is 24.5. The first-order chi connectivity index (χ1) is 8.95. The van der Waals surface area contributed by atoms with Crippen LogP contribution in [0.2, 0.25) is 0 Å². The van der Waals surface area contributed by atoms with Gasteiger partial charge in [0.15, 0.2) is 11.8 Å². The van der Waals surface area contributed by atoms with E-state index in [9.17, 15) is 24.9 Å². The molecule has 19 heavy (non-hydrogen) atoms. The highest BCUT2D eigenvalue weighted by molar-refractivity contribution is 5.18. The van der Waals surface area contributed by atoms with Gasteiger partial charge in [0.2, 0.25) is 0 Å². The summed E-state index contributed by atoms with van der Waals surface area (Å²) in [6.45, 7) is -0.726. The van der Waals surface area contributed by atoms with Gasteiger partial charge in [-0.1, -0.05) is 5.92 Å². The standard InChI is InChI=1S/C11H12N2O6/c1-2-11(5-14)8(17)7(16)9(19-11)13-4-3-6(15)12-10(13)18/h1,3-4,7-9,14,16-17H,5H2,(H,12,15,18)/t7-,8+,9?,11?/m1/s1. The lowest BCUT2D eigenvalue weighted by molar-refractivity contribution is -0.0936. The second kappa shape index (κ2) is 4.64. The maximum absolute atomic E-state index is 11.6. The van der Waals surface area contributed by atoms with Crippen LogP contribution in [0.15, 0.2) is 21.9 Å². The van der Waals surface area contributed by atoms with Crippen LogP contribution in [0.25, 0.3) is 0 Å². The number of nitrogens with one attached hydrogen (secondary N) is 1. The molecule has 102 valence electrons. The fourth-order valence-electron chi connectivity index (χ4n) is 1.93. The highest BCUT2D eigenvalue weighted by Crippen LogP contribution is 2.35. The number of terminal acetylenes is 1. The minimum Gasteiger partial charge on any atom is -0.392 e. The van der Waals surface area contributed by atoms with Gasteiger partial charge in [-0.25, -0.2) is 4.79 Å². The van der Waals surface area contributed by atoms with E-state index in [2.05, 4.69) is 5.92 Å².